The molecule has 37 heavy (non-hydrogen) atoms. The van der Waals surface area contributed by atoms with E-state index in [9.17, 15) is 22.8 Å². The molecular formula is C24H15F3N6O4. The second-order valence-corrected chi connectivity index (χ2v) is 7.59. The van der Waals surface area contributed by atoms with E-state index in [1.807, 2.05) is 0 Å². The summed E-state index contributed by atoms with van der Waals surface area (Å²) in [4.78, 5) is 28.8. The Morgan fingerprint density at radius 2 is 1.76 bits per heavy atom. The Hall–Kier alpha value is -5.20. The number of nitrogens with zero attached hydrogens (tertiary/aromatic N) is 4. The minimum atomic E-state index is -4.49. The molecule has 0 saturated carbocycles. The average Bonchev–Trinajstić information content (AvgIpc) is 3.54. The van der Waals surface area contributed by atoms with Gasteiger partial charge in [-0.15, -0.1) is 5.10 Å². The topological polar surface area (TPSA) is 124 Å². The number of benzene rings is 2. The van der Waals surface area contributed by atoms with Crippen LogP contribution in [0.2, 0.25) is 0 Å². The summed E-state index contributed by atoms with van der Waals surface area (Å²) >= 11 is 0. The van der Waals surface area contributed by atoms with E-state index >= 15 is 0 Å². The number of hydrogen-bond acceptors (Lipinski definition) is 7. The number of imidazole rings is 1. The van der Waals surface area contributed by atoms with E-state index in [2.05, 4.69) is 25.9 Å². The molecule has 0 aliphatic carbocycles. The Morgan fingerprint density at radius 1 is 0.946 bits per heavy atom. The Bertz CT molecular complexity index is 1580. The molecule has 0 bridgehead atoms. The van der Waals surface area contributed by atoms with Crippen LogP contribution in [0.15, 0.2) is 83.6 Å². The third-order valence-electron chi connectivity index (χ3n) is 4.99. The van der Waals surface area contributed by atoms with Crippen molar-refractivity contribution in [3.63, 3.8) is 0 Å². The van der Waals surface area contributed by atoms with E-state index in [0.29, 0.717) is 17.1 Å². The molecule has 13 heteroatoms. The lowest BCUT2D eigenvalue weighted by Gasteiger charge is -2.07. The quantitative estimate of drug-likeness (QED) is 0.330. The van der Waals surface area contributed by atoms with Crippen molar-refractivity contribution in [3.8, 4) is 11.6 Å². The first-order valence-electron chi connectivity index (χ1n) is 10.6. The van der Waals surface area contributed by atoms with E-state index < -0.39 is 23.6 Å². The predicted molar refractivity (Wildman–Crippen MR) is 123 cm³/mol. The predicted octanol–water partition coefficient (Wildman–Crippen LogP) is 5.03. The molecule has 2 amide bonds. The SMILES string of the molecule is O=C(Nc1cn2nc(Oc3cccc(NC(=O)c4ccno4)c3)ccc2n1)c1ccc(C(F)(F)F)cc1. The number of amides is 2. The molecule has 2 aromatic carbocycles. The molecule has 0 aliphatic rings. The van der Waals surface area contributed by atoms with Gasteiger partial charge in [-0.3, -0.25) is 9.59 Å². The highest BCUT2D eigenvalue weighted by Gasteiger charge is 2.30. The molecule has 0 atom stereocenters. The van der Waals surface area contributed by atoms with Crippen LogP contribution in [0, 0.1) is 0 Å². The van der Waals surface area contributed by atoms with Gasteiger partial charge < -0.3 is 19.9 Å². The standard InChI is InChI=1S/C24H15F3N6O4/c25-24(26,27)15-6-4-14(5-7-15)22(34)31-19-13-33-20(30-19)8-9-21(32-33)36-17-3-1-2-16(12-17)29-23(35)18-10-11-28-37-18/h1-13H,(H,29,35)(H,31,34). The number of hydrogen-bond donors (Lipinski definition) is 2. The number of nitrogens with one attached hydrogen (secondary N) is 2. The Kier molecular flexibility index (Phi) is 6.01. The molecule has 10 nitrogen and oxygen atoms in total. The van der Waals surface area contributed by atoms with Crippen LogP contribution in [-0.2, 0) is 6.18 Å². The summed E-state index contributed by atoms with van der Waals surface area (Å²) in [6.45, 7) is 0. The van der Waals surface area contributed by atoms with Crippen LogP contribution >= 0.6 is 0 Å². The number of carbonyl (C=O) groups is 2. The van der Waals surface area contributed by atoms with Crippen molar-refractivity contribution in [2.45, 2.75) is 6.18 Å². The van der Waals surface area contributed by atoms with Crippen LogP contribution in [0.5, 0.6) is 11.6 Å². The van der Waals surface area contributed by atoms with E-state index in [-0.39, 0.29) is 23.0 Å². The van der Waals surface area contributed by atoms with Crippen LogP contribution in [0.1, 0.15) is 26.5 Å². The molecule has 0 spiro atoms. The number of aromatic nitrogens is 4. The van der Waals surface area contributed by atoms with E-state index in [4.69, 9.17) is 9.26 Å². The zero-order valence-corrected chi connectivity index (χ0v) is 18.6. The van der Waals surface area contributed by atoms with E-state index in [0.717, 1.165) is 24.3 Å². The zero-order valence-electron chi connectivity index (χ0n) is 18.6. The maximum absolute atomic E-state index is 12.7. The van der Waals surface area contributed by atoms with Gasteiger partial charge >= 0.3 is 6.18 Å². The molecule has 0 saturated heterocycles. The number of anilines is 2. The van der Waals surface area contributed by atoms with Crippen molar-refractivity contribution < 1.29 is 32.0 Å². The highest BCUT2D eigenvalue weighted by molar-refractivity contribution is 6.04. The van der Waals surface area contributed by atoms with Crippen molar-refractivity contribution in [2.24, 2.45) is 0 Å². The van der Waals surface area contributed by atoms with Crippen LogP contribution in [0.25, 0.3) is 5.65 Å². The number of rotatable bonds is 6. The number of halogens is 3. The van der Waals surface area contributed by atoms with Gasteiger partial charge in [0.25, 0.3) is 11.8 Å². The van der Waals surface area contributed by atoms with E-state index in [1.54, 1.807) is 36.4 Å². The first-order valence-corrected chi connectivity index (χ1v) is 10.6. The van der Waals surface area contributed by atoms with Crippen molar-refractivity contribution in [3.05, 3.63) is 96.0 Å². The Morgan fingerprint density at radius 3 is 2.49 bits per heavy atom. The molecule has 5 aromatic rings. The summed E-state index contributed by atoms with van der Waals surface area (Å²) in [6.07, 6.45) is -1.70. The molecule has 2 N–H and O–H groups in total. The maximum Gasteiger partial charge on any atom is 0.416 e. The van der Waals surface area contributed by atoms with Gasteiger partial charge in [-0.2, -0.15) is 13.2 Å². The fourth-order valence-corrected chi connectivity index (χ4v) is 3.26. The van der Waals surface area contributed by atoms with Crippen LogP contribution in [0.3, 0.4) is 0 Å². The van der Waals surface area contributed by atoms with Gasteiger partial charge in [0.1, 0.15) is 5.75 Å². The molecular weight excluding hydrogens is 493 g/mol. The number of carbonyl (C=O) groups excluding carboxylic acids is 2. The number of fused-ring (bicyclic) bond motifs is 1. The van der Waals surface area contributed by atoms with E-state index in [1.165, 1.54) is 23.0 Å². The van der Waals surface area contributed by atoms with Crippen molar-refractivity contribution in [1.82, 2.24) is 19.8 Å². The molecule has 3 heterocycles. The normalized spacial score (nSPS) is 11.3. The van der Waals surface area contributed by atoms with Crippen LogP contribution < -0.4 is 15.4 Å². The van der Waals surface area contributed by atoms with Gasteiger partial charge in [-0.1, -0.05) is 11.2 Å². The molecule has 186 valence electrons. The zero-order chi connectivity index (χ0) is 26.0. The molecule has 3 aromatic heterocycles. The summed E-state index contributed by atoms with van der Waals surface area (Å²) in [5, 5.41) is 13.0. The summed E-state index contributed by atoms with van der Waals surface area (Å²) in [6, 6.07) is 15.0. The molecule has 0 radical (unpaired) electrons. The number of ether oxygens (including phenoxy) is 1. The van der Waals surface area contributed by atoms with Gasteiger partial charge in [0, 0.05) is 29.4 Å². The Labute approximate surface area is 205 Å². The van der Waals surface area contributed by atoms with Gasteiger partial charge in [-0.05, 0) is 42.5 Å². The third-order valence-corrected chi connectivity index (χ3v) is 4.99. The van der Waals surface area contributed by atoms with Crippen molar-refractivity contribution in [1.29, 1.82) is 0 Å². The molecule has 5 rings (SSSR count). The monoisotopic (exact) mass is 508 g/mol. The lowest BCUT2D eigenvalue weighted by Crippen LogP contribution is -2.13. The van der Waals surface area contributed by atoms with Crippen LogP contribution in [-0.4, -0.2) is 31.6 Å². The largest absolute Gasteiger partial charge is 0.438 e. The van der Waals surface area contributed by atoms with Gasteiger partial charge in [0.2, 0.25) is 11.6 Å². The lowest BCUT2D eigenvalue weighted by atomic mass is 10.1. The fourth-order valence-electron chi connectivity index (χ4n) is 3.26. The second-order valence-electron chi connectivity index (χ2n) is 7.59. The fraction of sp³-hybridized carbons (Fsp3) is 0.0417. The van der Waals surface area contributed by atoms with Crippen molar-refractivity contribution >= 4 is 29.0 Å². The number of alkyl halides is 3. The first kappa shape index (κ1) is 23.5. The maximum atomic E-state index is 12.7. The summed E-state index contributed by atoms with van der Waals surface area (Å²) in [5.74, 6) is -0.315. The van der Waals surface area contributed by atoms with Crippen LogP contribution in [0.4, 0.5) is 24.7 Å². The highest BCUT2D eigenvalue weighted by Crippen LogP contribution is 2.29. The first-order chi connectivity index (χ1) is 17.7. The minimum absolute atomic E-state index is 0.0392. The lowest BCUT2D eigenvalue weighted by molar-refractivity contribution is -0.137. The summed E-state index contributed by atoms with van der Waals surface area (Å²) < 4.78 is 50.1. The summed E-state index contributed by atoms with van der Waals surface area (Å²) in [5.41, 5.74) is 0.0348. The average molecular weight is 508 g/mol. The second kappa shape index (κ2) is 9.45. The molecule has 0 aliphatic heterocycles. The Balaban J connectivity index is 1.27. The van der Waals surface area contributed by atoms with Gasteiger partial charge in [0.05, 0.1) is 18.0 Å². The third kappa shape index (κ3) is 5.40. The molecule has 0 fully saturated rings. The van der Waals surface area contributed by atoms with Gasteiger partial charge in [0.15, 0.2) is 11.5 Å². The molecule has 0 unspecified atom stereocenters. The minimum Gasteiger partial charge on any atom is -0.438 e. The van der Waals surface area contributed by atoms with Gasteiger partial charge in [-0.25, -0.2) is 9.50 Å². The smallest absolute Gasteiger partial charge is 0.416 e. The van der Waals surface area contributed by atoms with Crippen molar-refractivity contribution in [2.75, 3.05) is 10.6 Å². The highest BCUT2D eigenvalue weighted by atomic mass is 19.4. The summed E-state index contributed by atoms with van der Waals surface area (Å²) in [7, 11) is 0.